The van der Waals surface area contributed by atoms with Gasteiger partial charge in [-0.3, -0.25) is 0 Å². The van der Waals surface area contributed by atoms with Gasteiger partial charge in [0, 0.05) is 5.92 Å². The largest absolute Gasteiger partial charge is 0.0877 e. The minimum Gasteiger partial charge on any atom is -0.0877 e. The lowest BCUT2D eigenvalue weighted by atomic mass is 9.63. The second kappa shape index (κ2) is 32.8. The van der Waals surface area contributed by atoms with Crippen LogP contribution in [0.1, 0.15) is 220 Å². The molecule has 0 fully saturated rings. The first kappa shape index (κ1) is 68.8. The van der Waals surface area contributed by atoms with Gasteiger partial charge in [0.2, 0.25) is 0 Å². The van der Waals surface area contributed by atoms with Gasteiger partial charge in [-0.15, -0.1) is 0 Å². The van der Waals surface area contributed by atoms with Crippen LogP contribution in [0.3, 0.4) is 0 Å². The van der Waals surface area contributed by atoms with Crippen LogP contribution in [0.5, 0.6) is 0 Å². The molecule has 0 saturated heterocycles. The van der Waals surface area contributed by atoms with E-state index in [4.69, 9.17) is 0 Å². The van der Waals surface area contributed by atoms with E-state index in [1.165, 1.54) is 154 Å². The van der Waals surface area contributed by atoms with Crippen molar-refractivity contribution in [2.45, 2.75) is 186 Å². The summed E-state index contributed by atoms with van der Waals surface area (Å²) in [6.45, 7) is 33.3. The van der Waals surface area contributed by atoms with Crippen LogP contribution < -0.4 is 0 Å². The van der Waals surface area contributed by atoms with E-state index in [-0.39, 0.29) is 11.3 Å². The van der Waals surface area contributed by atoms with Crippen LogP contribution in [-0.4, -0.2) is 0 Å². The Bertz CT molecular complexity index is 4020. The fourth-order valence-electron chi connectivity index (χ4n) is 15.2. The fourth-order valence-corrected chi connectivity index (χ4v) is 15.2. The molecule has 0 heteroatoms. The predicted molar refractivity (Wildman–Crippen MR) is 406 cm³/mol. The van der Waals surface area contributed by atoms with Crippen LogP contribution in [0.4, 0.5) is 0 Å². The Balaban J connectivity index is 0.000000170. The fraction of sp³-hybridized carbons (Fsp3) is 0.319. The van der Waals surface area contributed by atoms with Crippen molar-refractivity contribution in [2.24, 2.45) is 5.92 Å². The molecule has 0 saturated carbocycles. The molecule has 15 rings (SSSR count). The number of fused-ring (bicyclic) bond motifs is 14. The zero-order valence-corrected chi connectivity index (χ0v) is 58.5. The quantitative estimate of drug-likeness (QED) is 0.151. The molecule has 0 aliphatic heterocycles. The lowest BCUT2D eigenvalue weighted by Gasteiger charge is -2.38. The Hall–Kier alpha value is -8.06. The average Bonchev–Trinajstić information content (AvgIpc) is 1.51. The zero-order valence-electron chi connectivity index (χ0n) is 58.5. The molecule has 3 atom stereocenters. The van der Waals surface area contributed by atoms with Gasteiger partial charge < -0.3 is 0 Å². The van der Waals surface area contributed by atoms with E-state index in [1.54, 1.807) is 22.3 Å². The monoisotopic (exact) mass is 1200 g/mol. The minimum absolute atomic E-state index is 0.0441. The first-order valence-electron chi connectivity index (χ1n) is 35.3. The maximum absolute atomic E-state index is 2.47. The van der Waals surface area contributed by atoms with E-state index < -0.39 is 0 Å². The maximum Gasteiger partial charge on any atom is 0.0654 e. The SMILES string of the molecule is C/C=C\C=C/C1=CC(c2cccc(-c3ccc(C)cc3)c2C2=C(C)C=CCC2)C2=C1C=CCC=C2.CC.CC.CC.CC.CC.Cc1ccc2c(c1)C1(C3=C(C=CCC3)c3ccccc31)C1=C2C=CCC1C.Cc1ccc2c3c(c4c(c2c1)C=CCC4)CCC=C3. The summed E-state index contributed by atoms with van der Waals surface area (Å²) >= 11 is 0. The highest BCUT2D eigenvalue weighted by Gasteiger charge is 2.54. The molecule has 0 N–H and O–H groups in total. The minimum atomic E-state index is -0.0441. The molecule has 6 aromatic rings. The first-order valence-corrected chi connectivity index (χ1v) is 35.3. The van der Waals surface area contributed by atoms with Crippen molar-refractivity contribution in [3.8, 4) is 11.1 Å². The lowest BCUT2D eigenvalue weighted by Crippen LogP contribution is -2.32. The molecule has 0 nitrogen and oxygen atoms in total. The molecule has 0 bridgehead atoms. The topological polar surface area (TPSA) is 0 Å². The lowest BCUT2D eigenvalue weighted by molar-refractivity contribution is 0.569. The molecule has 3 unspecified atom stereocenters. The second-order valence-corrected chi connectivity index (χ2v) is 23.9. The third kappa shape index (κ3) is 13.6. The van der Waals surface area contributed by atoms with Crippen LogP contribution >= 0.6 is 0 Å². The zero-order chi connectivity index (χ0) is 65.2. The molecular weight excluding hydrogens is 1090 g/mol. The third-order valence-electron chi connectivity index (χ3n) is 18.8. The molecule has 0 heterocycles. The van der Waals surface area contributed by atoms with Gasteiger partial charge in [-0.05, 0) is 232 Å². The molecular formula is C91H106. The number of hydrogen-bond donors (Lipinski definition) is 0. The second-order valence-electron chi connectivity index (χ2n) is 23.9. The smallest absolute Gasteiger partial charge is 0.0654 e. The van der Waals surface area contributed by atoms with Crippen LogP contribution in [-0.2, 0) is 18.3 Å². The van der Waals surface area contributed by atoms with E-state index >= 15 is 0 Å². The van der Waals surface area contributed by atoms with Gasteiger partial charge >= 0.3 is 0 Å². The van der Waals surface area contributed by atoms with Gasteiger partial charge in [-0.1, -0.05) is 311 Å². The highest BCUT2D eigenvalue weighted by Crippen LogP contribution is 2.65. The molecule has 9 aliphatic carbocycles. The van der Waals surface area contributed by atoms with Crippen molar-refractivity contribution >= 4 is 39.6 Å². The number of rotatable bonds is 5. The summed E-state index contributed by atoms with van der Waals surface area (Å²) in [5, 5.41) is 2.87. The van der Waals surface area contributed by atoms with Gasteiger partial charge in [-0.2, -0.15) is 0 Å². The standard InChI is InChI=1S/C35H34.C27H24.C19H18.5C2H6/c1-4-5-7-14-28-24-34(32-17-9-6-8-16-30(28)32)33-19-12-18-31(27-22-20-25(2)21-23-27)35(33)29-15-11-10-13-26(29)3;1-17-14-15-21-22-11-7-8-18(2)26(22)27(25(21)16-17)23-12-5-3-9-19(23)20-10-4-6-13-24(20)27;1-13-10-11-18-16-8-3-2-6-14(16)15-7-4-5-9-17(15)19(18)12-13;5*1-2/h4-5,7-10,12-14,16-24,34H,6,11,15H2,1-3H3;3-5,7,9-12,14-16,18H,6,8,13H2,1-2H3;3,5,8-12H,2,4,6-7H2,1H3;5*1-2H3/b5-4-,14-7-;;;;;;;. The van der Waals surface area contributed by atoms with Gasteiger partial charge in [0.25, 0.3) is 0 Å². The molecule has 0 radical (unpaired) electrons. The predicted octanol–water partition coefficient (Wildman–Crippen LogP) is 26.7. The Labute approximate surface area is 551 Å². The first-order chi connectivity index (χ1) is 44.7. The van der Waals surface area contributed by atoms with E-state index in [1.807, 2.05) is 69.2 Å². The van der Waals surface area contributed by atoms with E-state index in [9.17, 15) is 0 Å². The maximum atomic E-state index is 2.47. The number of aryl methyl sites for hydroxylation is 3. The van der Waals surface area contributed by atoms with Crippen molar-refractivity contribution in [2.75, 3.05) is 0 Å². The highest BCUT2D eigenvalue weighted by atomic mass is 14.6. The molecule has 6 aromatic carbocycles. The summed E-state index contributed by atoms with van der Waals surface area (Å²) in [7, 11) is 0. The van der Waals surface area contributed by atoms with E-state index in [0.717, 1.165) is 32.1 Å². The van der Waals surface area contributed by atoms with Crippen molar-refractivity contribution < 1.29 is 0 Å². The molecule has 91 heavy (non-hydrogen) atoms. The summed E-state index contributed by atoms with van der Waals surface area (Å²) in [4.78, 5) is 0. The van der Waals surface area contributed by atoms with Gasteiger partial charge in [0.05, 0.1) is 5.41 Å². The molecule has 0 amide bonds. The molecule has 0 aromatic heterocycles. The molecule has 1 spiro atoms. The van der Waals surface area contributed by atoms with Crippen LogP contribution in [0.15, 0.2) is 240 Å². The van der Waals surface area contributed by atoms with Gasteiger partial charge in [0.15, 0.2) is 0 Å². The van der Waals surface area contributed by atoms with Crippen molar-refractivity contribution in [3.05, 3.63) is 312 Å². The number of allylic oxidation sites excluding steroid dienone is 26. The Kier molecular flexibility index (Phi) is 24.8. The van der Waals surface area contributed by atoms with Gasteiger partial charge in [-0.25, -0.2) is 0 Å². The van der Waals surface area contributed by atoms with Crippen molar-refractivity contribution in [1.29, 1.82) is 0 Å². The van der Waals surface area contributed by atoms with Crippen molar-refractivity contribution in [3.63, 3.8) is 0 Å². The highest BCUT2D eigenvalue weighted by molar-refractivity contribution is 6.01. The summed E-state index contributed by atoms with van der Waals surface area (Å²) in [5.74, 6) is 0.810. The average molecular weight is 1200 g/mol. The van der Waals surface area contributed by atoms with E-state index in [0.29, 0.717) is 5.92 Å². The Morgan fingerprint density at radius 1 is 0.473 bits per heavy atom. The third-order valence-corrected chi connectivity index (χ3v) is 18.8. The number of benzene rings is 6. The molecule has 470 valence electrons. The normalized spacial score (nSPS) is 19.4. The van der Waals surface area contributed by atoms with Crippen LogP contribution in [0.2, 0.25) is 0 Å². The summed E-state index contributed by atoms with van der Waals surface area (Å²) in [5.41, 5.74) is 34.8. The summed E-state index contributed by atoms with van der Waals surface area (Å²) < 4.78 is 0. The summed E-state index contributed by atoms with van der Waals surface area (Å²) in [6, 6.07) is 39.1. The van der Waals surface area contributed by atoms with Gasteiger partial charge in [0.1, 0.15) is 0 Å². The van der Waals surface area contributed by atoms with Crippen LogP contribution in [0, 0.1) is 26.7 Å². The van der Waals surface area contributed by atoms with Crippen LogP contribution in [0.25, 0.3) is 50.8 Å². The summed E-state index contributed by atoms with van der Waals surface area (Å²) in [6.07, 6.45) is 55.3. The van der Waals surface area contributed by atoms with E-state index in [2.05, 4.69) is 260 Å². The van der Waals surface area contributed by atoms with Crippen molar-refractivity contribution in [1.82, 2.24) is 0 Å². The Morgan fingerprint density at radius 3 is 1.79 bits per heavy atom. The Morgan fingerprint density at radius 2 is 1.07 bits per heavy atom. The molecule has 9 aliphatic rings. The number of hydrogen-bond acceptors (Lipinski definition) is 0.